The third kappa shape index (κ3) is 3.27. The van der Waals surface area contributed by atoms with Crippen molar-refractivity contribution in [2.45, 2.75) is 6.92 Å². The van der Waals surface area contributed by atoms with Crippen LogP contribution in [0.1, 0.15) is 22.8 Å². The van der Waals surface area contributed by atoms with Crippen LogP contribution < -0.4 is 5.01 Å². The van der Waals surface area contributed by atoms with E-state index in [1.54, 1.807) is 55.5 Å². The van der Waals surface area contributed by atoms with Gasteiger partial charge in [-0.25, -0.2) is 4.79 Å². The Hall–Kier alpha value is -3.20. The number of esters is 1. The number of hydrogen-bond donors (Lipinski definition) is 0. The summed E-state index contributed by atoms with van der Waals surface area (Å²) < 4.78 is 4.90. The summed E-state index contributed by atoms with van der Waals surface area (Å²) in [5.41, 5.74) is 1.93. The average molecular weight is 295 g/mol. The molecule has 0 radical (unpaired) electrons. The average Bonchev–Trinajstić information content (AvgIpc) is 2.57. The molecule has 0 fully saturated rings. The molecule has 0 saturated heterocycles. The number of nitriles is 1. The van der Waals surface area contributed by atoms with Crippen molar-refractivity contribution in [3.05, 3.63) is 64.6 Å². The van der Waals surface area contributed by atoms with Crippen LogP contribution in [0.5, 0.6) is 0 Å². The minimum absolute atomic E-state index is 0.299. The molecule has 0 aliphatic carbocycles. The molecule has 0 heterocycles. The number of carbonyl (C=O) groups excluding carboxylic acids is 1. The van der Waals surface area contributed by atoms with Gasteiger partial charge in [0.1, 0.15) is 0 Å². The molecule has 0 aliphatic rings. The lowest BCUT2D eigenvalue weighted by Gasteiger charge is -2.15. The first-order valence-corrected chi connectivity index (χ1v) is 6.60. The van der Waals surface area contributed by atoms with Gasteiger partial charge in [0, 0.05) is 0 Å². The smallest absolute Gasteiger partial charge is 0.338 e. The Morgan fingerprint density at radius 2 is 1.68 bits per heavy atom. The van der Waals surface area contributed by atoms with E-state index < -0.39 is 5.97 Å². The Morgan fingerprint density at radius 1 is 1.14 bits per heavy atom. The lowest BCUT2D eigenvalue weighted by Crippen LogP contribution is -2.09. The van der Waals surface area contributed by atoms with Crippen LogP contribution in [0.4, 0.5) is 11.4 Å². The molecule has 110 valence electrons. The summed E-state index contributed by atoms with van der Waals surface area (Å²) >= 11 is 0. The fourth-order valence-corrected chi connectivity index (χ4v) is 1.87. The fourth-order valence-electron chi connectivity index (χ4n) is 1.87. The molecule has 0 atom stereocenters. The van der Waals surface area contributed by atoms with Gasteiger partial charge in [0.15, 0.2) is 0 Å². The molecule has 0 bridgehead atoms. The van der Waals surface area contributed by atoms with Crippen LogP contribution >= 0.6 is 0 Å². The van der Waals surface area contributed by atoms with Gasteiger partial charge in [-0.2, -0.15) is 10.3 Å². The van der Waals surface area contributed by atoms with E-state index in [1.807, 2.05) is 6.07 Å². The number of hydrogen-bond acceptors (Lipinski definition) is 5. The topological polar surface area (TPSA) is 82.8 Å². The van der Waals surface area contributed by atoms with Gasteiger partial charge >= 0.3 is 5.97 Å². The van der Waals surface area contributed by atoms with Crippen LogP contribution in [0.2, 0.25) is 0 Å². The predicted octanol–water partition coefficient (Wildman–Crippen LogP) is 3.55. The van der Waals surface area contributed by atoms with Gasteiger partial charge in [-0.1, -0.05) is 0 Å². The number of anilines is 2. The van der Waals surface area contributed by atoms with Crippen molar-refractivity contribution in [3.63, 3.8) is 0 Å². The highest BCUT2D eigenvalue weighted by Gasteiger charge is 2.12. The number of carbonyl (C=O) groups is 1. The van der Waals surface area contributed by atoms with E-state index in [0.717, 1.165) is 0 Å². The highest BCUT2D eigenvalue weighted by molar-refractivity contribution is 5.90. The van der Waals surface area contributed by atoms with Crippen molar-refractivity contribution in [1.29, 1.82) is 5.26 Å². The number of benzene rings is 2. The highest BCUT2D eigenvalue weighted by atomic mass is 16.5. The van der Waals surface area contributed by atoms with Crippen molar-refractivity contribution >= 4 is 17.3 Å². The predicted molar refractivity (Wildman–Crippen MR) is 81.5 cm³/mol. The third-order valence-corrected chi connectivity index (χ3v) is 2.95. The third-order valence-electron chi connectivity index (χ3n) is 2.95. The van der Waals surface area contributed by atoms with Gasteiger partial charge < -0.3 is 4.74 Å². The van der Waals surface area contributed by atoms with Crippen molar-refractivity contribution in [2.24, 2.45) is 5.29 Å². The molecule has 2 rings (SSSR count). The zero-order valence-corrected chi connectivity index (χ0v) is 11.9. The Balaban J connectivity index is 2.25. The molecule has 0 spiro atoms. The van der Waals surface area contributed by atoms with Crippen LogP contribution in [0.25, 0.3) is 0 Å². The van der Waals surface area contributed by atoms with Crippen LogP contribution in [-0.2, 0) is 4.74 Å². The first-order chi connectivity index (χ1) is 10.7. The summed E-state index contributed by atoms with van der Waals surface area (Å²) in [5, 5.41) is 12.9. The fraction of sp³-hybridized carbons (Fsp3) is 0.125. The number of nitroso groups, excluding NO2 is 1. The molecule has 0 unspecified atom stereocenters. The highest BCUT2D eigenvalue weighted by Crippen LogP contribution is 2.26. The molecule has 0 aromatic heterocycles. The van der Waals surface area contributed by atoms with Crippen molar-refractivity contribution in [1.82, 2.24) is 0 Å². The number of rotatable bonds is 5. The van der Waals surface area contributed by atoms with Gasteiger partial charge in [0.25, 0.3) is 0 Å². The minimum Gasteiger partial charge on any atom is -0.462 e. The Labute approximate surface area is 127 Å². The molecular weight excluding hydrogens is 282 g/mol. The van der Waals surface area contributed by atoms with E-state index in [1.165, 1.54) is 5.01 Å². The SMILES string of the molecule is CCOC(=O)c1ccc(N(N=O)c2ccc(C#N)cc2)cc1. The maximum absolute atomic E-state index is 11.6. The number of ether oxygens (including phenoxy) is 1. The van der Waals surface area contributed by atoms with Gasteiger partial charge in [-0.3, -0.25) is 0 Å². The zero-order valence-electron chi connectivity index (χ0n) is 11.9. The minimum atomic E-state index is -0.418. The lowest BCUT2D eigenvalue weighted by molar-refractivity contribution is 0.0526. The first kappa shape index (κ1) is 15.2. The summed E-state index contributed by atoms with van der Waals surface area (Å²) in [6.45, 7) is 2.03. The van der Waals surface area contributed by atoms with Crippen molar-refractivity contribution in [2.75, 3.05) is 11.6 Å². The molecule has 0 saturated carbocycles. The second kappa shape index (κ2) is 6.99. The zero-order chi connectivity index (χ0) is 15.9. The molecule has 0 amide bonds. The van der Waals surface area contributed by atoms with Crippen LogP contribution in [0.3, 0.4) is 0 Å². The van der Waals surface area contributed by atoms with E-state index in [9.17, 15) is 9.70 Å². The Morgan fingerprint density at radius 3 is 2.14 bits per heavy atom. The van der Waals surface area contributed by atoms with Gasteiger partial charge in [0.2, 0.25) is 0 Å². The molecule has 6 heteroatoms. The van der Waals surface area contributed by atoms with Crippen molar-refractivity contribution in [3.8, 4) is 6.07 Å². The van der Waals surface area contributed by atoms with E-state index in [2.05, 4.69) is 5.29 Å². The Kier molecular flexibility index (Phi) is 4.83. The van der Waals surface area contributed by atoms with Crippen LogP contribution in [0.15, 0.2) is 53.8 Å². The maximum Gasteiger partial charge on any atom is 0.338 e. The van der Waals surface area contributed by atoms with Gasteiger partial charge in [-0.05, 0) is 55.5 Å². The van der Waals surface area contributed by atoms with Crippen molar-refractivity contribution < 1.29 is 9.53 Å². The molecule has 6 nitrogen and oxygen atoms in total. The summed E-state index contributed by atoms with van der Waals surface area (Å²) in [6, 6.07) is 14.8. The van der Waals surface area contributed by atoms with Gasteiger partial charge in [0.05, 0.1) is 40.5 Å². The van der Waals surface area contributed by atoms with Gasteiger partial charge in [-0.15, -0.1) is 4.91 Å². The summed E-state index contributed by atoms with van der Waals surface area (Å²) in [7, 11) is 0. The molecular formula is C16H13N3O3. The number of nitrogens with zero attached hydrogens (tertiary/aromatic N) is 3. The van der Waals surface area contributed by atoms with Crippen LogP contribution in [0, 0.1) is 16.2 Å². The van der Waals surface area contributed by atoms with E-state index in [4.69, 9.17) is 10.00 Å². The molecule has 0 N–H and O–H groups in total. The second-order valence-electron chi connectivity index (χ2n) is 4.32. The van der Waals surface area contributed by atoms with Crippen LogP contribution in [-0.4, -0.2) is 12.6 Å². The largest absolute Gasteiger partial charge is 0.462 e. The molecule has 22 heavy (non-hydrogen) atoms. The van der Waals surface area contributed by atoms with E-state index in [0.29, 0.717) is 29.1 Å². The standard InChI is InChI=1S/C16H13N3O3/c1-2-22-16(20)13-5-9-15(10-6-13)19(18-21)14-7-3-12(11-17)4-8-14/h3-10H,2H2,1H3. The summed E-state index contributed by atoms with van der Waals surface area (Å²) in [6.07, 6.45) is 0. The molecule has 2 aromatic rings. The van der Waals surface area contributed by atoms with E-state index in [-0.39, 0.29) is 0 Å². The molecule has 0 aliphatic heterocycles. The summed E-state index contributed by atoms with van der Waals surface area (Å²) in [5.74, 6) is -0.418. The quantitative estimate of drug-likeness (QED) is 0.478. The lowest BCUT2D eigenvalue weighted by atomic mass is 10.2. The second-order valence-corrected chi connectivity index (χ2v) is 4.32. The first-order valence-electron chi connectivity index (χ1n) is 6.60. The maximum atomic E-state index is 11.6. The van der Waals surface area contributed by atoms with E-state index >= 15 is 0 Å². The normalized spacial score (nSPS) is 9.64. The monoisotopic (exact) mass is 295 g/mol. The molecule has 2 aromatic carbocycles. The Bertz CT molecular complexity index is 703. The summed E-state index contributed by atoms with van der Waals surface area (Å²) in [4.78, 5) is 22.7.